The number of fused-ring (bicyclic) bond motifs is 1. The zero-order valence-electron chi connectivity index (χ0n) is 7.15. The number of hydrogen-bond donors (Lipinski definition) is 0. The minimum absolute atomic E-state index is 0.329. The second-order valence-electron chi connectivity index (χ2n) is 2.67. The maximum absolute atomic E-state index is 11.3. The SMILES string of the molecule is COC(=O)c1ccnc2c1CC=N2. The first-order valence-electron chi connectivity index (χ1n) is 3.91. The van der Waals surface area contributed by atoms with Gasteiger partial charge in [-0.1, -0.05) is 0 Å². The van der Waals surface area contributed by atoms with Crippen molar-refractivity contribution in [2.45, 2.75) is 6.42 Å². The number of carbonyl (C=O) groups is 1. The van der Waals surface area contributed by atoms with Gasteiger partial charge in [-0.25, -0.2) is 14.8 Å². The molecule has 2 heterocycles. The summed E-state index contributed by atoms with van der Waals surface area (Å²) in [5.74, 6) is 0.298. The monoisotopic (exact) mass is 176 g/mol. The standard InChI is InChI=1S/C9H8N2O2/c1-13-9(12)7-3-5-11-8-6(7)2-4-10-8/h3-5H,2H2,1H3. The molecule has 0 amide bonds. The highest BCUT2D eigenvalue weighted by Crippen LogP contribution is 2.24. The van der Waals surface area contributed by atoms with E-state index in [4.69, 9.17) is 0 Å². The van der Waals surface area contributed by atoms with E-state index in [0.717, 1.165) is 5.56 Å². The molecule has 1 aliphatic rings. The third kappa shape index (κ3) is 1.20. The number of hydrogen-bond acceptors (Lipinski definition) is 4. The summed E-state index contributed by atoms with van der Waals surface area (Å²) in [5, 5.41) is 0. The highest BCUT2D eigenvalue weighted by Gasteiger charge is 2.17. The molecule has 1 aliphatic heterocycles. The molecule has 0 spiro atoms. The second-order valence-corrected chi connectivity index (χ2v) is 2.67. The summed E-state index contributed by atoms with van der Waals surface area (Å²) in [5.41, 5.74) is 1.42. The molecule has 0 N–H and O–H groups in total. The van der Waals surface area contributed by atoms with E-state index in [-0.39, 0.29) is 5.97 Å². The molecule has 1 aromatic rings. The van der Waals surface area contributed by atoms with E-state index in [1.807, 2.05) is 0 Å². The van der Waals surface area contributed by atoms with Crippen LogP contribution in [0.1, 0.15) is 15.9 Å². The Balaban J connectivity index is 2.50. The van der Waals surface area contributed by atoms with Gasteiger partial charge in [0.2, 0.25) is 0 Å². The van der Waals surface area contributed by atoms with Crippen molar-refractivity contribution in [3.05, 3.63) is 23.4 Å². The third-order valence-electron chi connectivity index (χ3n) is 1.95. The molecule has 0 saturated heterocycles. The van der Waals surface area contributed by atoms with Gasteiger partial charge in [-0.15, -0.1) is 0 Å². The molecule has 0 saturated carbocycles. The number of esters is 1. The zero-order valence-corrected chi connectivity index (χ0v) is 7.15. The van der Waals surface area contributed by atoms with Crippen LogP contribution in [0.15, 0.2) is 17.3 Å². The molecule has 4 nitrogen and oxygen atoms in total. The Hall–Kier alpha value is -1.71. The van der Waals surface area contributed by atoms with Crippen LogP contribution >= 0.6 is 0 Å². The molecule has 66 valence electrons. The van der Waals surface area contributed by atoms with Crippen molar-refractivity contribution in [3.63, 3.8) is 0 Å². The minimum atomic E-state index is -0.329. The van der Waals surface area contributed by atoms with Crippen LogP contribution in [0.4, 0.5) is 5.82 Å². The summed E-state index contributed by atoms with van der Waals surface area (Å²) in [6.07, 6.45) is 3.96. The lowest BCUT2D eigenvalue weighted by Gasteiger charge is -2.03. The molecule has 0 radical (unpaired) electrons. The number of aliphatic imine (C=N–C) groups is 1. The Morgan fingerprint density at radius 3 is 3.23 bits per heavy atom. The van der Waals surface area contributed by atoms with E-state index < -0.39 is 0 Å². The fourth-order valence-electron chi connectivity index (χ4n) is 1.32. The molecule has 0 atom stereocenters. The summed E-state index contributed by atoms with van der Waals surface area (Å²) in [4.78, 5) is 19.3. The molecular formula is C9H8N2O2. The highest BCUT2D eigenvalue weighted by molar-refractivity contribution is 5.94. The number of ether oxygens (including phenoxy) is 1. The van der Waals surface area contributed by atoms with Crippen molar-refractivity contribution in [2.24, 2.45) is 4.99 Å². The van der Waals surface area contributed by atoms with Crippen molar-refractivity contribution in [1.82, 2.24) is 4.98 Å². The maximum Gasteiger partial charge on any atom is 0.338 e. The summed E-state index contributed by atoms with van der Waals surface area (Å²) < 4.78 is 4.64. The van der Waals surface area contributed by atoms with Gasteiger partial charge in [-0.05, 0) is 6.07 Å². The van der Waals surface area contributed by atoms with Gasteiger partial charge in [-0.3, -0.25) is 0 Å². The minimum Gasteiger partial charge on any atom is -0.465 e. The Morgan fingerprint density at radius 2 is 2.46 bits per heavy atom. The van der Waals surface area contributed by atoms with E-state index in [9.17, 15) is 4.79 Å². The predicted molar refractivity (Wildman–Crippen MR) is 47.4 cm³/mol. The van der Waals surface area contributed by atoms with Gasteiger partial charge in [0.25, 0.3) is 0 Å². The Bertz CT molecular complexity index is 385. The number of aromatic nitrogens is 1. The van der Waals surface area contributed by atoms with Crippen molar-refractivity contribution < 1.29 is 9.53 Å². The highest BCUT2D eigenvalue weighted by atomic mass is 16.5. The second kappa shape index (κ2) is 2.97. The molecule has 2 rings (SSSR count). The largest absolute Gasteiger partial charge is 0.465 e. The number of nitrogens with zero attached hydrogens (tertiary/aromatic N) is 2. The number of carbonyl (C=O) groups excluding carboxylic acids is 1. The lowest BCUT2D eigenvalue weighted by molar-refractivity contribution is 0.0599. The normalized spacial score (nSPS) is 12.7. The molecule has 4 heteroatoms. The van der Waals surface area contributed by atoms with Crippen molar-refractivity contribution in [3.8, 4) is 0 Å². The lowest BCUT2D eigenvalue weighted by Crippen LogP contribution is -2.05. The average Bonchev–Trinajstić information content (AvgIpc) is 2.63. The first kappa shape index (κ1) is 7.91. The van der Waals surface area contributed by atoms with Crippen LogP contribution in [0.25, 0.3) is 0 Å². The first-order valence-corrected chi connectivity index (χ1v) is 3.91. The molecule has 0 aromatic carbocycles. The van der Waals surface area contributed by atoms with E-state index in [0.29, 0.717) is 17.8 Å². The number of methoxy groups -OCH3 is 1. The van der Waals surface area contributed by atoms with Crippen LogP contribution in [0.5, 0.6) is 0 Å². The smallest absolute Gasteiger partial charge is 0.338 e. The first-order chi connectivity index (χ1) is 6.33. The Labute approximate surface area is 75.3 Å². The van der Waals surface area contributed by atoms with Gasteiger partial charge in [0.05, 0.1) is 12.7 Å². The van der Waals surface area contributed by atoms with Crippen LogP contribution in [-0.2, 0) is 11.2 Å². The van der Waals surface area contributed by atoms with Gasteiger partial charge in [-0.2, -0.15) is 0 Å². The molecular weight excluding hydrogens is 168 g/mol. The molecule has 1 aromatic heterocycles. The third-order valence-corrected chi connectivity index (χ3v) is 1.95. The Morgan fingerprint density at radius 1 is 1.62 bits per heavy atom. The molecule has 0 bridgehead atoms. The van der Waals surface area contributed by atoms with Gasteiger partial charge < -0.3 is 4.74 Å². The number of pyridine rings is 1. The number of rotatable bonds is 1. The van der Waals surface area contributed by atoms with E-state index in [1.54, 1.807) is 18.5 Å². The van der Waals surface area contributed by atoms with Gasteiger partial charge in [0, 0.05) is 24.4 Å². The zero-order chi connectivity index (χ0) is 9.26. The van der Waals surface area contributed by atoms with Crippen LogP contribution in [0.2, 0.25) is 0 Å². The molecule has 0 unspecified atom stereocenters. The molecule has 0 fully saturated rings. The quantitative estimate of drug-likeness (QED) is 0.602. The Kier molecular flexibility index (Phi) is 1.81. The molecule has 0 aliphatic carbocycles. The van der Waals surface area contributed by atoms with Crippen molar-refractivity contribution >= 4 is 18.0 Å². The van der Waals surface area contributed by atoms with E-state index >= 15 is 0 Å². The fraction of sp³-hybridized carbons (Fsp3) is 0.222. The van der Waals surface area contributed by atoms with E-state index in [2.05, 4.69) is 14.7 Å². The van der Waals surface area contributed by atoms with Crippen molar-refractivity contribution in [2.75, 3.05) is 7.11 Å². The summed E-state index contributed by atoms with van der Waals surface area (Å²) in [7, 11) is 1.37. The molecule has 13 heavy (non-hydrogen) atoms. The van der Waals surface area contributed by atoms with Crippen molar-refractivity contribution in [1.29, 1.82) is 0 Å². The lowest BCUT2D eigenvalue weighted by atomic mass is 10.1. The van der Waals surface area contributed by atoms with Crippen LogP contribution < -0.4 is 0 Å². The van der Waals surface area contributed by atoms with Gasteiger partial charge in [0.15, 0.2) is 5.82 Å². The van der Waals surface area contributed by atoms with Crippen LogP contribution in [0.3, 0.4) is 0 Å². The summed E-state index contributed by atoms with van der Waals surface area (Å²) >= 11 is 0. The fourth-order valence-corrected chi connectivity index (χ4v) is 1.32. The average molecular weight is 176 g/mol. The maximum atomic E-state index is 11.3. The van der Waals surface area contributed by atoms with Crippen LogP contribution in [-0.4, -0.2) is 24.3 Å². The van der Waals surface area contributed by atoms with Gasteiger partial charge >= 0.3 is 5.97 Å². The van der Waals surface area contributed by atoms with E-state index in [1.165, 1.54) is 7.11 Å². The van der Waals surface area contributed by atoms with Crippen LogP contribution in [0, 0.1) is 0 Å². The van der Waals surface area contributed by atoms with Gasteiger partial charge in [0.1, 0.15) is 0 Å². The predicted octanol–water partition coefficient (Wildman–Crippen LogP) is 1.13. The topological polar surface area (TPSA) is 51.5 Å². The summed E-state index contributed by atoms with van der Waals surface area (Å²) in [6.45, 7) is 0. The summed E-state index contributed by atoms with van der Waals surface area (Å²) in [6, 6.07) is 1.65.